The van der Waals surface area contributed by atoms with Gasteiger partial charge in [0.05, 0.1) is 19.8 Å². The van der Waals surface area contributed by atoms with E-state index in [0.29, 0.717) is 32.2 Å². The van der Waals surface area contributed by atoms with Crippen LogP contribution in [0.15, 0.2) is 0 Å². The smallest absolute Gasteiger partial charge is 0.291 e. The Morgan fingerprint density at radius 1 is 1.44 bits per heavy atom. The Morgan fingerprint density at radius 2 is 2.25 bits per heavy atom. The van der Waals surface area contributed by atoms with Gasteiger partial charge in [0.1, 0.15) is 5.82 Å². The number of hydrogen-bond acceptors (Lipinski definition) is 5. The summed E-state index contributed by atoms with van der Waals surface area (Å²) in [4.78, 5) is 15.3. The van der Waals surface area contributed by atoms with Crippen molar-refractivity contribution >= 4 is 5.91 Å². The fourth-order valence-corrected chi connectivity index (χ4v) is 1.00. The Morgan fingerprint density at radius 3 is 2.88 bits per heavy atom. The van der Waals surface area contributed by atoms with Crippen LogP contribution in [0.2, 0.25) is 0 Å². The molecule has 0 fully saturated rings. The van der Waals surface area contributed by atoms with Gasteiger partial charge in [0.15, 0.2) is 0 Å². The molecule has 16 heavy (non-hydrogen) atoms. The van der Waals surface area contributed by atoms with Crippen molar-refractivity contribution in [3.05, 3.63) is 11.6 Å². The molecule has 1 heterocycles. The summed E-state index contributed by atoms with van der Waals surface area (Å²) in [6.07, 6.45) is 0. The van der Waals surface area contributed by atoms with E-state index in [2.05, 4.69) is 20.5 Å². The lowest BCUT2D eigenvalue weighted by molar-refractivity contribution is 0.0691. The number of aromatic nitrogens is 3. The molecular formula is C9H16N4O3. The molecule has 0 bridgehead atoms. The Kier molecular flexibility index (Phi) is 5.44. The number of aromatic amines is 1. The zero-order valence-electron chi connectivity index (χ0n) is 9.45. The van der Waals surface area contributed by atoms with Gasteiger partial charge in [-0.2, -0.15) is 0 Å². The van der Waals surface area contributed by atoms with Gasteiger partial charge in [0.25, 0.3) is 5.91 Å². The van der Waals surface area contributed by atoms with Crippen molar-refractivity contribution in [2.24, 2.45) is 0 Å². The van der Waals surface area contributed by atoms with Crippen LogP contribution in [-0.4, -0.2) is 54.6 Å². The predicted molar refractivity (Wildman–Crippen MR) is 56.1 cm³/mol. The number of carbonyl (C=O) groups excluding carboxylic acids is 1. The minimum Gasteiger partial charge on any atom is -0.382 e. The minimum absolute atomic E-state index is 0.148. The number of carbonyl (C=O) groups is 1. The van der Waals surface area contributed by atoms with Gasteiger partial charge >= 0.3 is 0 Å². The molecule has 2 N–H and O–H groups in total. The van der Waals surface area contributed by atoms with Gasteiger partial charge in [-0.05, 0) is 6.92 Å². The maximum absolute atomic E-state index is 11.4. The summed E-state index contributed by atoms with van der Waals surface area (Å²) in [5, 5.41) is 8.97. The van der Waals surface area contributed by atoms with Gasteiger partial charge in [-0.15, -0.1) is 5.10 Å². The SMILES string of the molecule is COCCOCCNC(=O)c1n[nH]c(C)n1. The third-order valence-electron chi connectivity index (χ3n) is 1.76. The fourth-order valence-electron chi connectivity index (χ4n) is 1.00. The Labute approximate surface area is 93.5 Å². The molecule has 0 spiro atoms. The Hall–Kier alpha value is -1.47. The number of amides is 1. The van der Waals surface area contributed by atoms with Crippen molar-refractivity contribution in [3.63, 3.8) is 0 Å². The van der Waals surface area contributed by atoms with Crippen LogP contribution in [0, 0.1) is 6.92 Å². The second-order valence-corrected chi connectivity index (χ2v) is 3.11. The van der Waals surface area contributed by atoms with Crippen LogP contribution in [0.3, 0.4) is 0 Å². The number of nitrogens with zero attached hydrogens (tertiary/aromatic N) is 2. The molecule has 90 valence electrons. The molecule has 0 saturated carbocycles. The van der Waals surface area contributed by atoms with Crippen LogP contribution in [0.1, 0.15) is 16.4 Å². The summed E-state index contributed by atoms with van der Waals surface area (Å²) in [6.45, 7) is 3.67. The van der Waals surface area contributed by atoms with Gasteiger partial charge in [-0.3, -0.25) is 9.89 Å². The third kappa shape index (κ3) is 4.37. The molecular weight excluding hydrogens is 212 g/mol. The van der Waals surface area contributed by atoms with Crippen LogP contribution in [-0.2, 0) is 9.47 Å². The van der Waals surface area contributed by atoms with Crippen molar-refractivity contribution in [2.75, 3.05) is 33.5 Å². The summed E-state index contributed by atoms with van der Waals surface area (Å²) < 4.78 is 9.98. The highest BCUT2D eigenvalue weighted by molar-refractivity contribution is 5.90. The van der Waals surface area contributed by atoms with Gasteiger partial charge in [0.2, 0.25) is 5.82 Å². The maximum atomic E-state index is 11.4. The lowest BCUT2D eigenvalue weighted by atomic mass is 10.5. The molecule has 0 radical (unpaired) electrons. The molecule has 7 nitrogen and oxygen atoms in total. The van der Waals surface area contributed by atoms with Crippen molar-refractivity contribution in [2.45, 2.75) is 6.92 Å². The van der Waals surface area contributed by atoms with E-state index in [4.69, 9.17) is 9.47 Å². The number of nitrogens with one attached hydrogen (secondary N) is 2. The largest absolute Gasteiger partial charge is 0.382 e. The molecule has 0 aliphatic heterocycles. The molecule has 0 atom stereocenters. The maximum Gasteiger partial charge on any atom is 0.291 e. The van der Waals surface area contributed by atoms with E-state index < -0.39 is 0 Å². The predicted octanol–water partition coefficient (Wildman–Crippen LogP) is -0.494. The number of H-pyrrole nitrogens is 1. The molecule has 7 heteroatoms. The molecule has 1 aromatic heterocycles. The van der Waals surface area contributed by atoms with E-state index in [1.165, 1.54) is 0 Å². The van der Waals surface area contributed by atoms with E-state index in [-0.39, 0.29) is 11.7 Å². The first-order valence-electron chi connectivity index (χ1n) is 4.98. The van der Waals surface area contributed by atoms with E-state index in [0.717, 1.165) is 0 Å². The summed E-state index contributed by atoms with van der Waals surface area (Å²) >= 11 is 0. The third-order valence-corrected chi connectivity index (χ3v) is 1.76. The molecule has 1 amide bonds. The normalized spacial score (nSPS) is 10.4. The molecule has 0 aliphatic carbocycles. The minimum atomic E-state index is -0.306. The van der Waals surface area contributed by atoms with E-state index >= 15 is 0 Å². The van der Waals surface area contributed by atoms with Crippen molar-refractivity contribution in [1.29, 1.82) is 0 Å². The standard InChI is InChI=1S/C9H16N4O3/c1-7-11-8(13-12-7)9(14)10-3-4-16-6-5-15-2/h3-6H2,1-2H3,(H,10,14)(H,11,12,13). The summed E-state index contributed by atoms with van der Waals surface area (Å²) in [5.41, 5.74) is 0. The lowest BCUT2D eigenvalue weighted by Crippen LogP contribution is -2.28. The Bertz CT molecular complexity index is 326. The summed E-state index contributed by atoms with van der Waals surface area (Å²) in [5.74, 6) is 0.454. The number of methoxy groups -OCH3 is 1. The van der Waals surface area contributed by atoms with Gasteiger partial charge in [-0.1, -0.05) is 0 Å². The van der Waals surface area contributed by atoms with Gasteiger partial charge < -0.3 is 14.8 Å². The highest BCUT2D eigenvalue weighted by Gasteiger charge is 2.09. The first-order chi connectivity index (χ1) is 7.74. The second kappa shape index (κ2) is 6.91. The molecule has 1 aromatic rings. The zero-order chi connectivity index (χ0) is 11.8. The molecule has 0 saturated heterocycles. The summed E-state index contributed by atoms with van der Waals surface area (Å²) in [6, 6.07) is 0. The first kappa shape index (κ1) is 12.6. The average Bonchev–Trinajstić information content (AvgIpc) is 2.70. The van der Waals surface area contributed by atoms with Gasteiger partial charge in [-0.25, -0.2) is 4.98 Å². The number of rotatable bonds is 7. The number of aryl methyl sites for hydroxylation is 1. The van der Waals surface area contributed by atoms with Crippen LogP contribution >= 0.6 is 0 Å². The fraction of sp³-hybridized carbons (Fsp3) is 0.667. The van der Waals surface area contributed by atoms with Crippen LogP contribution in [0.5, 0.6) is 0 Å². The number of ether oxygens (including phenoxy) is 2. The van der Waals surface area contributed by atoms with Crippen LogP contribution in [0.4, 0.5) is 0 Å². The molecule has 0 aliphatic rings. The lowest BCUT2D eigenvalue weighted by Gasteiger charge is -2.03. The van der Waals surface area contributed by atoms with Crippen LogP contribution in [0.25, 0.3) is 0 Å². The molecule has 1 rings (SSSR count). The Balaban J connectivity index is 2.11. The zero-order valence-corrected chi connectivity index (χ0v) is 9.45. The monoisotopic (exact) mass is 228 g/mol. The quantitative estimate of drug-likeness (QED) is 0.614. The van der Waals surface area contributed by atoms with Crippen molar-refractivity contribution in [3.8, 4) is 0 Å². The highest BCUT2D eigenvalue weighted by atomic mass is 16.5. The van der Waals surface area contributed by atoms with E-state index in [1.807, 2.05) is 0 Å². The van der Waals surface area contributed by atoms with Crippen LogP contribution < -0.4 is 5.32 Å². The first-order valence-corrected chi connectivity index (χ1v) is 4.98. The topological polar surface area (TPSA) is 89.1 Å². The second-order valence-electron chi connectivity index (χ2n) is 3.11. The average molecular weight is 228 g/mol. The van der Waals surface area contributed by atoms with Gasteiger partial charge in [0, 0.05) is 13.7 Å². The van der Waals surface area contributed by atoms with Crippen molar-refractivity contribution in [1.82, 2.24) is 20.5 Å². The van der Waals surface area contributed by atoms with E-state index in [1.54, 1.807) is 14.0 Å². The van der Waals surface area contributed by atoms with E-state index in [9.17, 15) is 4.79 Å². The highest BCUT2D eigenvalue weighted by Crippen LogP contribution is 1.89. The number of hydrogen-bond donors (Lipinski definition) is 2. The summed E-state index contributed by atoms with van der Waals surface area (Å²) in [7, 11) is 1.61. The van der Waals surface area contributed by atoms with Crippen molar-refractivity contribution < 1.29 is 14.3 Å². The molecule has 0 aromatic carbocycles. The molecule has 0 unspecified atom stereocenters.